The average molecular weight is 477 g/mol. The second kappa shape index (κ2) is 11.1. The third-order valence-corrected chi connectivity index (χ3v) is 4.21. The van der Waals surface area contributed by atoms with Crippen molar-refractivity contribution in [2.75, 3.05) is 19.8 Å². The fraction of sp³-hybridized carbons (Fsp3) is 0.348. The first-order chi connectivity index (χ1) is 15.9. The number of amides is 1. The zero-order valence-electron chi connectivity index (χ0n) is 18.9. The molecule has 184 valence electrons. The van der Waals surface area contributed by atoms with Crippen molar-refractivity contribution in [2.45, 2.75) is 26.9 Å². The van der Waals surface area contributed by atoms with Crippen LogP contribution in [0.4, 0.5) is 4.79 Å². The van der Waals surface area contributed by atoms with E-state index in [0.29, 0.717) is 0 Å². The number of carbonyl (C=O) groups excluding carboxylic acids is 3. The van der Waals surface area contributed by atoms with E-state index in [9.17, 15) is 34.8 Å². The van der Waals surface area contributed by atoms with Crippen LogP contribution in [0.25, 0.3) is 0 Å². The monoisotopic (exact) mass is 477 g/mol. The molecule has 0 heterocycles. The van der Waals surface area contributed by atoms with Crippen molar-refractivity contribution < 1.29 is 49.0 Å². The van der Waals surface area contributed by atoms with E-state index in [1.807, 2.05) is 20.8 Å². The van der Waals surface area contributed by atoms with Gasteiger partial charge in [-0.05, 0) is 41.8 Å². The van der Waals surface area contributed by atoms with Gasteiger partial charge in [0.15, 0.2) is 29.1 Å². The minimum Gasteiger partial charge on any atom is -0.504 e. The van der Waals surface area contributed by atoms with E-state index in [4.69, 9.17) is 14.2 Å². The number of hydrogen-bond acceptors (Lipinski definition) is 10. The maximum Gasteiger partial charge on any atom is 0.407 e. The summed E-state index contributed by atoms with van der Waals surface area (Å²) in [5, 5.41) is 40.3. The Kier molecular flexibility index (Phi) is 8.54. The highest BCUT2D eigenvalue weighted by Gasteiger charge is 2.22. The van der Waals surface area contributed by atoms with E-state index in [0.717, 1.165) is 24.3 Å². The Morgan fingerprint density at radius 1 is 0.824 bits per heavy atom. The number of ether oxygens (including phenoxy) is 3. The Labute approximate surface area is 195 Å². The standard InChI is InChI=1S/C23H27NO10/c1-23(2,3)12-33-22(31)24-10-15(34-21(30)14-5-7-17(26)19(28)9-14)11-32-20(29)13-4-6-16(25)18(27)8-13/h4-9,15,25-28H,10-12H2,1-3H3,(H,24,31). The van der Waals surface area contributed by atoms with Crippen LogP contribution in [0.2, 0.25) is 0 Å². The van der Waals surface area contributed by atoms with Gasteiger partial charge in [-0.25, -0.2) is 14.4 Å². The summed E-state index contributed by atoms with van der Waals surface area (Å²) in [5.74, 6) is -3.69. The summed E-state index contributed by atoms with van der Waals surface area (Å²) < 4.78 is 15.5. The van der Waals surface area contributed by atoms with Crippen LogP contribution >= 0.6 is 0 Å². The maximum absolute atomic E-state index is 12.5. The quantitative estimate of drug-likeness (QED) is 0.216. The van der Waals surface area contributed by atoms with Gasteiger partial charge in [-0.2, -0.15) is 0 Å². The number of benzene rings is 2. The van der Waals surface area contributed by atoms with Gasteiger partial charge in [0.2, 0.25) is 0 Å². The molecule has 0 saturated heterocycles. The van der Waals surface area contributed by atoms with Crippen LogP contribution in [0.5, 0.6) is 23.0 Å². The number of phenolic OH excluding ortho intramolecular Hbond substituents is 4. The van der Waals surface area contributed by atoms with E-state index in [2.05, 4.69) is 5.32 Å². The van der Waals surface area contributed by atoms with Crippen molar-refractivity contribution in [1.29, 1.82) is 0 Å². The van der Waals surface area contributed by atoms with Crippen LogP contribution in [-0.2, 0) is 14.2 Å². The zero-order valence-corrected chi connectivity index (χ0v) is 18.9. The molecule has 0 aromatic heterocycles. The first-order valence-electron chi connectivity index (χ1n) is 10.2. The summed E-state index contributed by atoms with van der Waals surface area (Å²) >= 11 is 0. The fourth-order valence-corrected chi connectivity index (χ4v) is 2.44. The fourth-order valence-electron chi connectivity index (χ4n) is 2.44. The molecule has 2 aromatic rings. The molecule has 0 aliphatic rings. The molecule has 2 rings (SSSR count). The van der Waals surface area contributed by atoms with Gasteiger partial charge in [0.1, 0.15) is 6.61 Å². The van der Waals surface area contributed by atoms with Crippen molar-refractivity contribution in [3.05, 3.63) is 47.5 Å². The Morgan fingerprint density at radius 2 is 1.35 bits per heavy atom. The summed E-state index contributed by atoms with van der Waals surface area (Å²) in [4.78, 5) is 36.7. The molecule has 1 atom stereocenters. The number of alkyl carbamates (subject to hydrolysis) is 1. The highest BCUT2D eigenvalue weighted by atomic mass is 16.6. The minimum atomic E-state index is -1.15. The van der Waals surface area contributed by atoms with Crippen molar-refractivity contribution in [3.63, 3.8) is 0 Å². The number of rotatable bonds is 8. The molecule has 0 aliphatic carbocycles. The van der Waals surface area contributed by atoms with Gasteiger partial charge < -0.3 is 40.0 Å². The Hall–Kier alpha value is -4.15. The molecule has 0 radical (unpaired) electrons. The number of phenols is 4. The summed E-state index contributed by atoms with van der Waals surface area (Å²) in [6.07, 6.45) is -1.92. The van der Waals surface area contributed by atoms with Gasteiger partial charge in [-0.3, -0.25) is 0 Å². The molecule has 5 N–H and O–H groups in total. The van der Waals surface area contributed by atoms with Crippen LogP contribution in [0.1, 0.15) is 41.5 Å². The lowest BCUT2D eigenvalue weighted by Gasteiger charge is -2.21. The normalized spacial score (nSPS) is 11.9. The summed E-state index contributed by atoms with van der Waals surface area (Å²) in [6.45, 7) is 5.01. The highest BCUT2D eigenvalue weighted by molar-refractivity contribution is 5.91. The van der Waals surface area contributed by atoms with Gasteiger partial charge in [0.25, 0.3) is 0 Å². The molecule has 0 saturated carbocycles. The van der Waals surface area contributed by atoms with Gasteiger partial charge >= 0.3 is 18.0 Å². The Bertz CT molecular complexity index is 1040. The van der Waals surface area contributed by atoms with Crippen LogP contribution in [0.3, 0.4) is 0 Å². The largest absolute Gasteiger partial charge is 0.504 e. The molecule has 0 fully saturated rings. The van der Waals surface area contributed by atoms with Crippen LogP contribution < -0.4 is 5.32 Å². The third-order valence-electron chi connectivity index (χ3n) is 4.21. The lowest BCUT2D eigenvalue weighted by molar-refractivity contribution is -0.000597. The van der Waals surface area contributed by atoms with Crippen LogP contribution in [0, 0.1) is 5.41 Å². The van der Waals surface area contributed by atoms with Gasteiger partial charge in [-0.15, -0.1) is 0 Å². The average Bonchev–Trinajstić information content (AvgIpc) is 2.77. The summed E-state index contributed by atoms with van der Waals surface area (Å²) in [7, 11) is 0. The van der Waals surface area contributed by atoms with E-state index in [1.165, 1.54) is 12.1 Å². The predicted molar refractivity (Wildman–Crippen MR) is 118 cm³/mol. The predicted octanol–water partition coefficient (Wildman–Crippen LogP) is 2.66. The number of carbonyl (C=O) groups is 3. The lowest BCUT2D eigenvalue weighted by atomic mass is 9.99. The molecular weight excluding hydrogens is 450 g/mol. The molecule has 2 aromatic carbocycles. The SMILES string of the molecule is CC(C)(C)COC(=O)NCC(COC(=O)c1ccc(O)c(O)c1)OC(=O)c1ccc(O)c(O)c1. The molecule has 1 amide bonds. The number of esters is 2. The second-order valence-corrected chi connectivity index (χ2v) is 8.55. The van der Waals surface area contributed by atoms with E-state index in [1.54, 1.807) is 0 Å². The first-order valence-corrected chi connectivity index (χ1v) is 10.2. The van der Waals surface area contributed by atoms with Crippen LogP contribution in [0.15, 0.2) is 36.4 Å². The highest BCUT2D eigenvalue weighted by Crippen LogP contribution is 2.26. The van der Waals surface area contributed by atoms with Gasteiger partial charge in [-0.1, -0.05) is 20.8 Å². The van der Waals surface area contributed by atoms with Crippen molar-refractivity contribution in [1.82, 2.24) is 5.32 Å². The van der Waals surface area contributed by atoms with Gasteiger partial charge in [0.05, 0.1) is 24.3 Å². The molecule has 11 heteroatoms. The molecule has 1 unspecified atom stereocenters. The lowest BCUT2D eigenvalue weighted by Crippen LogP contribution is -2.39. The maximum atomic E-state index is 12.5. The van der Waals surface area contributed by atoms with E-state index >= 15 is 0 Å². The molecule has 0 aliphatic heterocycles. The zero-order chi connectivity index (χ0) is 25.5. The smallest absolute Gasteiger partial charge is 0.407 e. The number of nitrogens with one attached hydrogen (secondary N) is 1. The van der Waals surface area contributed by atoms with Crippen molar-refractivity contribution >= 4 is 18.0 Å². The van der Waals surface area contributed by atoms with Crippen molar-refractivity contribution in [3.8, 4) is 23.0 Å². The summed E-state index contributed by atoms with van der Waals surface area (Å²) in [6, 6.07) is 6.63. The molecule has 0 spiro atoms. The molecule has 34 heavy (non-hydrogen) atoms. The third kappa shape index (κ3) is 8.08. The Morgan fingerprint density at radius 3 is 1.85 bits per heavy atom. The number of hydrogen-bond donors (Lipinski definition) is 5. The summed E-state index contributed by atoms with van der Waals surface area (Å²) in [5.41, 5.74) is -0.429. The van der Waals surface area contributed by atoms with E-state index in [-0.39, 0.29) is 29.7 Å². The van der Waals surface area contributed by atoms with Crippen molar-refractivity contribution in [2.24, 2.45) is 5.41 Å². The van der Waals surface area contributed by atoms with Crippen LogP contribution in [-0.4, -0.2) is 64.3 Å². The van der Waals surface area contributed by atoms with Gasteiger partial charge in [0, 0.05) is 0 Å². The molecule has 0 bridgehead atoms. The second-order valence-electron chi connectivity index (χ2n) is 8.55. The molecule has 11 nitrogen and oxygen atoms in total. The minimum absolute atomic E-state index is 0.0682. The topological polar surface area (TPSA) is 172 Å². The first kappa shape index (κ1) is 26.1. The Balaban J connectivity index is 2.06. The number of aromatic hydroxyl groups is 4. The van der Waals surface area contributed by atoms with E-state index < -0.39 is 53.7 Å². The molecular formula is C23H27NO10.